The van der Waals surface area contributed by atoms with Crippen LogP contribution < -0.4 is 5.32 Å². The van der Waals surface area contributed by atoms with Gasteiger partial charge >= 0.3 is 6.18 Å². The van der Waals surface area contributed by atoms with Crippen LogP contribution in [0.1, 0.15) is 34.5 Å². The van der Waals surface area contributed by atoms with Gasteiger partial charge < -0.3 is 10.2 Å². The summed E-state index contributed by atoms with van der Waals surface area (Å²) in [6.45, 7) is 2.51. The highest BCUT2D eigenvalue weighted by molar-refractivity contribution is 6.00. The number of amides is 1. The maximum atomic E-state index is 13.7. The number of piperidine rings is 1. The van der Waals surface area contributed by atoms with E-state index in [1.54, 1.807) is 30.6 Å². The smallest absolute Gasteiger partial charge is 0.365 e. The molecule has 1 N–H and O–H groups in total. The van der Waals surface area contributed by atoms with Crippen LogP contribution in [0.4, 0.5) is 19.0 Å². The van der Waals surface area contributed by atoms with Crippen molar-refractivity contribution in [3.05, 3.63) is 65.7 Å². The number of hydrogen-bond acceptors (Lipinski definition) is 6. The van der Waals surface area contributed by atoms with E-state index >= 15 is 0 Å². The van der Waals surface area contributed by atoms with Crippen molar-refractivity contribution in [2.75, 3.05) is 11.9 Å². The summed E-state index contributed by atoms with van der Waals surface area (Å²) >= 11 is 0. The summed E-state index contributed by atoms with van der Waals surface area (Å²) in [5, 5.41) is 3.26. The number of aryl methyl sites for hydroxylation is 1. The Morgan fingerprint density at radius 2 is 1.91 bits per heavy atom. The minimum atomic E-state index is -4.43. The molecule has 1 spiro atoms. The lowest BCUT2D eigenvalue weighted by Gasteiger charge is -2.48. The van der Waals surface area contributed by atoms with Gasteiger partial charge in [-0.1, -0.05) is 0 Å². The van der Waals surface area contributed by atoms with Gasteiger partial charge in [-0.05, 0) is 61.4 Å². The third kappa shape index (κ3) is 3.23. The zero-order valence-corrected chi connectivity index (χ0v) is 18.3. The van der Waals surface area contributed by atoms with Gasteiger partial charge in [0.1, 0.15) is 11.5 Å². The van der Waals surface area contributed by atoms with E-state index in [2.05, 4.69) is 25.3 Å². The standard InChI is InChI=1S/C24H21F3N6O/c1-13-3-5-16(19(31-13)21-28-7-2-8-29-21)22(34)33-12-15-9-23(15)10-17(20(23)33)32-18-6-4-14(11-30-18)24(25,26)27/h2-8,11,15,17,20H,9-10,12H2,1H3,(H,30,32). The Bertz CT molecular complexity index is 1270. The minimum absolute atomic E-state index is 0.0417. The van der Waals surface area contributed by atoms with Gasteiger partial charge in [0.15, 0.2) is 5.82 Å². The van der Waals surface area contributed by atoms with Crippen molar-refractivity contribution in [3.63, 3.8) is 0 Å². The molecule has 4 heterocycles. The Hall–Kier alpha value is -3.56. The van der Waals surface area contributed by atoms with Crippen LogP contribution in [0, 0.1) is 18.3 Å². The Balaban J connectivity index is 1.26. The number of halogens is 3. The fraction of sp³-hybridized carbons (Fsp3) is 0.375. The summed E-state index contributed by atoms with van der Waals surface area (Å²) in [6.07, 6.45) is 1.58. The average Bonchev–Trinajstić information content (AvgIpc) is 3.47. The van der Waals surface area contributed by atoms with Crippen molar-refractivity contribution in [1.82, 2.24) is 24.8 Å². The van der Waals surface area contributed by atoms with Crippen LogP contribution in [0.3, 0.4) is 0 Å². The molecule has 4 unspecified atom stereocenters. The van der Waals surface area contributed by atoms with Crippen molar-refractivity contribution < 1.29 is 18.0 Å². The molecule has 1 amide bonds. The maximum absolute atomic E-state index is 13.7. The molecule has 2 aliphatic carbocycles. The fourth-order valence-corrected chi connectivity index (χ4v) is 5.67. The van der Waals surface area contributed by atoms with E-state index in [4.69, 9.17) is 0 Å². The lowest BCUT2D eigenvalue weighted by molar-refractivity contribution is -0.137. The third-order valence-corrected chi connectivity index (χ3v) is 7.33. The first-order chi connectivity index (χ1) is 16.3. The number of alkyl halides is 3. The Labute approximate surface area is 193 Å². The predicted octanol–water partition coefficient (Wildman–Crippen LogP) is 3.98. The van der Waals surface area contributed by atoms with E-state index in [0.29, 0.717) is 35.4 Å². The SMILES string of the molecule is Cc1ccc(C(=O)N2CC3CC34CC(Nc3ccc(C(F)(F)F)cn3)C24)c(-c2ncccn2)n1. The lowest BCUT2D eigenvalue weighted by atomic mass is 9.71. The molecule has 0 aromatic carbocycles. The number of anilines is 1. The van der Waals surface area contributed by atoms with Crippen molar-refractivity contribution in [2.45, 2.75) is 38.0 Å². The number of pyridine rings is 2. The van der Waals surface area contributed by atoms with Crippen molar-refractivity contribution in [1.29, 1.82) is 0 Å². The zero-order valence-electron chi connectivity index (χ0n) is 18.3. The number of nitrogens with one attached hydrogen (secondary N) is 1. The number of rotatable bonds is 4. The lowest BCUT2D eigenvalue weighted by Crippen LogP contribution is -2.60. The average molecular weight is 466 g/mol. The number of likely N-dealkylation sites (tertiary alicyclic amines) is 1. The molecule has 6 rings (SSSR count). The topological polar surface area (TPSA) is 83.9 Å². The maximum Gasteiger partial charge on any atom is 0.417 e. The second kappa shape index (κ2) is 7.22. The van der Waals surface area contributed by atoms with E-state index in [0.717, 1.165) is 30.8 Å². The van der Waals surface area contributed by atoms with Crippen LogP contribution in [0.2, 0.25) is 0 Å². The van der Waals surface area contributed by atoms with Crippen LogP contribution >= 0.6 is 0 Å². The van der Waals surface area contributed by atoms with Gasteiger partial charge in [-0.15, -0.1) is 0 Å². The molecule has 34 heavy (non-hydrogen) atoms. The zero-order chi connectivity index (χ0) is 23.7. The van der Waals surface area contributed by atoms with Gasteiger partial charge in [0.25, 0.3) is 5.91 Å². The molecule has 3 aromatic rings. The molecule has 3 fully saturated rings. The number of aromatic nitrogens is 4. The Kier molecular flexibility index (Phi) is 4.46. The van der Waals surface area contributed by atoms with Crippen molar-refractivity contribution in [3.8, 4) is 11.5 Å². The van der Waals surface area contributed by atoms with E-state index < -0.39 is 11.7 Å². The third-order valence-electron chi connectivity index (χ3n) is 7.33. The molecule has 0 radical (unpaired) electrons. The molecule has 174 valence electrons. The Morgan fingerprint density at radius 3 is 2.62 bits per heavy atom. The largest absolute Gasteiger partial charge is 0.417 e. The summed E-state index contributed by atoms with van der Waals surface area (Å²) in [5.41, 5.74) is 0.975. The highest BCUT2D eigenvalue weighted by atomic mass is 19.4. The number of carbonyl (C=O) groups excluding carboxylic acids is 1. The first-order valence-electron chi connectivity index (χ1n) is 11.1. The van der Waals surface area contributed by atoms with Gasteiger partial charge in [0.2, 0.25) is 0 Å². The summed E-state index contributed by atoms with van der Waals surface area (Å²) < 4.78 is 38.6. The van der Waals surface area contributed by atoms with Gasteiger partial charge in [0.05, 0.1) is 17.2 Å². The van der Waals surface area contributed by atoms with Gasteiger partial charge in [-0.3, -0.25) is 4.79 Å². The molecule has 1 saturated heterocycles. The van der Waals surface area contributed by atoms with Crippen LogP contribution in [-0.4, -0.2) is 49.4 Å². The molecule has 10 heteroatoms. The van der Waals surface area contributed by atoms with Crippen LogP contribution in [0.5, 0.6) is 0 Å². The van der Waals surface area contributed by atoms with Crippen molar-refractivity contribution in [2.24, 2.45) is 11.3 Å². The second-order valence-corrected chi connectivity index (χ2v) is 9.34. The monoisotopic (exact) mass is 466 g/mol. The van der Waals surface area contributed by atoms with Crippen LogP contribution in [0.25, 0.3) is 11.5 Å². The van der Waals surface area contributed by atoms with Crippen LogP contribution in [-0.2, 0) is 6.18 Å². The molecule has 1 aliphatic heterocycles. The number of nitrogens with zero attached hydrogens (tertiary/aromatic N) is 5. The van der Waals surface area contributed by atoms with E-state index in [-0.39, 0.29) is 23.4 Å². The van der Waals surface area contributed by atoms with Gasteiger partial charge in [-0.2, -0.15) is 13.2 Å². The molecular weight excluding hydrogens is 445 g/mol. The predicted molar refractivity (Wildman–Crippen MR) is 117 cm³/mol. The highest BCUT2D eigenvalue weighted by Crippen LogP contribution is 2.71. The van der Waals surface area contributed by atoms with Gasteiger partial charge in [-0.25, -0.2) is 19.9 Å². The first-order valence-corrected chi connectivity index (χ1v) is 11.1. The van der Waals surface area contributed by atoms with E-state index in [9.17, 15) is 18.0 Å². The van der Waals surface area contributed by atoms with E-state index in [1.807, 2.05) is 11.8 Å². The Morgan fingerprint density at radius 1 is 1.12 bits per heavy atom. The highest BCUT2D eigenvalue weighted by Gasteiger charge is 2.75. The van der Waals surface area contributed by atoms with E-state index in [1.165, 1.54) is 6.07 Å². The van der Waals surface area contributed by atoms with Gasteiger partial charge in [0, 0.05) is 36.9 Å². The molecule has 3 aliphatic rings. The van der Waals surface area contributed by atoms with Crippen LogP contribution in [0.15, 0.2) is 48.9 Å². The normalized spacial score (nSPS) is 26.9. The molecule has 2 saturated carbocycles. The summed E-state index contributed by atoms with van der Waals surface area (Å²) in [6, 6.07) is 7.52. The molecule has 7 nitrogen and oxygen atoms in total. The molecule has 3 aromatic heterocycles. The van der Waals surface area contributed by atoms with Crippen molar-refractivity contribution >= 4 is 11.7 Å². The number of carbonyl (C=O) groups is 1. The summed E-state index contributed by atoms with van der Waals surface area (Å²) in [7, 11) is 0. The minimum Gasteiger partial charge on any atom is -0.365 e. The first kappa shape index (κ1) is 21.0. The fourth-order valence-electron chi connectivity index (χ4n) is 5.67. The second-order valence-electron chi connectivity index (χ2n) is 9.34. The number of hydrogen-bond donors (Lipinski definition) is 1. The molecule has 0 bridgehead atoms. The summed E-state index contributed by atoms with van der Waals surface area (Å²) in [5.74, 6) is 1.10. The quantitative estimate of drug-likeness (QED) is 0.626. The molecular formula is C24H21F3N6O. The molecule has 4 atom stereocenters. The summed E-state index contributed by atoms with van der Waals surface area (Å²) in [4.78, 5) is 32.7.